The SMILES string of the molecule is CC(C)Cn1c(S[C@H](C)C(=O)N2CCCCCC2)nc2ccccc2c1=O. The van der Waals surface area contributed by atoms with E-state index in [9.17, 15) is 9.59 Å². The Hall–Kier alpha value is -1.82. The molecule has 1 atom stereocenters. The first-order valence-electron chi connectivity index (χ1n) is 9.92. The summed E-state index contributed by atoms with van der Waals surface area (Å²) in [7, 11) is 0. The van der Waals surface area contributed by atoms with Gasteiger partial charge in [-0.25, -0.2) is 4.98 Å². The zero-order valence-electron chi connectivity index (χ0n) is 16.5. The number of likely N-dealkylation sites (tertiary alicyclic amines) is 1. The summed E-state index contributed by atoms with van der Waals surface area (Å²) in [6.45, 7) is 8.38. The molecule has 27 heavy (non-hydrogen) atoms. The third kappa shape index (κ3) is 4.72. The van der Waals surface area contributed by atoms with Gasteiger partial charge in [0.1, 0.15) is 0 Å². The highest BCUT2D eigenvalue weighted by atomic mass is 32.2. The molecule has 0 bridgehead atoms. The minimum atomic E-state index is -0.255. The van der Waals surface area contributed by atoms with Crippen molar-refractivity contribution in [3.63, 3.8) is 0 Å². The average molecular weight is 388 g/mol. The molecule has 1 amide bonds. The molecule has 0 unspecified atom stereocenters. The Morgan fingerprint density at radius 3 is 2.44 bits per heavy atom. The number of fused-ring (bicyclic) bond motifs is 1. The third-order valence-corrected chi connectivity index (χ3v) is 6.00. The standard InChI is InChI=1S/C21H29N3O2S/c1-15(2)14-24-20(26)17-10-6-7-11-18(17)22-21(24)27-16(3)19(25)23-12-8-4-5-9-13-23/h6-7,10-11,15-16H,4-5,8-9,12-14H2,1-3H3/t16-/m1/s1. The van der Waals surface area contributed by atoms with Crippen molar-refractivity contribution < 1.29 is 4.79 Å². The number of benzene rings is 1. The van der Waals surface area contributed by atoms with Crippen LogP contribution in [0.2, 0.25) is 0 Å². The molecule has 0 aliphatic carbocycles. The predicted octanol–water partition coefficient (Wildman–Crippen LogP) is 3.94. The lowest BCUT2D eigenvalue weighted by atomic mass is 10.2. The molecule has 0 radical (unpaired) electrons. The minimum Gasteiger partial charge on any atom is -0.342 e. The van der Waals surface area contributed by atoms with Gasteiger partial charge in [0.25, 0.3) is 5.56 Å². The van der Waals surface area contributed by atoms with Crippen LogP contribution in [0.3, 0.4) is 0 Å². The van der Waals surface area contributed by atoms with Crippen molar-refractivity contribution in [2.24, 2.45) is 5.92 Å². The molecule has 2 heterocycles. The molecule has 1 aromatic heterocycles. The first kappa shape index (κ1) is 19.9. The van der Waals surface area contributed by atoms with E-state index in [0.29, 0.717) is 28.5 Å². The molecule has 1 aliphatic heterocycles. The van der Waals surface area contributed by atoms with Gasteiger partial charge in [0.2, 0.25) is 5.91 Å². The molecule has 1 aliphatic rings. The molecule has 6 heteroatoms. The van der Waals surface area contributed by atoms with E-state index in [1.807, 2.05) is 36.1 Å². The Balaban J connectivity index is 1.90. The number of hydrogen-bond donors (Lipinski definition) is 0. The number of rotatable bonds is 5. The molecule has 3 rings (SSSR count). The number of carbonyl (C=O) groups is 1. The Labute approximate surface area is 165 Å². The van der Waals surface area contributed by atoms with Gasteiger partial charge in [-0.05, 0) is 37.8 Å². The number of amides is 1. The maximum atomic E-state index is 13.0. The van der Waals surface area contributed by atoms with Crippen molar-refractivity contribution in [3.8, 4) is 0 Å². The van der Waals surface area contributed by atoms with Crippen LogP contribution in [-0.2, 0) is 11.3 Å². The van der Waals surface area contributed by atoms with E-state index in [0.717, 1.165) is 25.9 Å². The van der Waals surface area contributed by atoms with Gasteiger partial charge in [-0.3, -0.25) is 14.2 Å². The highest BCUT2D eigenvalue weighted by Crippen LogP contribution is 2.25. The van der Waals surface area contributed by atoms with Gasteiger partial charge in [-0.2, -0.15) is 0 Å². The van der Waals surface area contributed by atoms with E-state index < -0.39 is 0 Å². The second kappa shape index (κ2) is 8.91. The van der Waals surface area contributed by atoms with Crippen LogP contribution in [0.5, 0.6) is 0 Å². The Morgan fingerprint density at radius 2 is 1.78 bits per heavy atom. The van der Waals surface area contributed by atoms with Crippen molar-refractivity contribution in [3.05, 3.63) is 34.6 Å². The molecule has 1 saturated heterocycles. The van der Waals surface area contributed by atoms with Gasteiger partial charge in [0.15, 0.2) is 5.16 Å². The fourth-order valence-corrected chi connectivity index (χ4v) is 4.52. The summed E-state index contributed by atoms with van der Waals surface area (Å²) in [5, 5.41) is 1.02. The van der Waals surface area contributed by atoms with Gasteiger partial charge in [-0.1, -0.05) is 50.6 Å². The highest BCUT2D eigenvalue weighted by molar-refractivity contribution is 8.00. The van der Waals surface area contributed by atoms with Crippen molar-refractivity contribution in [1.29, 1.82) is 0 Å². The number of aromatic nitrogens is 2. The normalized spacial score (nSPS) is 16.5. The van der Waals surface area contributed by atoms with Crippen molar-refractivity contribution in [2.75, 3.05) is 13.1 Å². The van der Waals surface area contributed by atoms with Crippen LogP contribution in [0, 0.1) is 5.92 Å². The monoisotopic (exact) mass is 387 g/mol. The molecular formula is C21H29N3O2S. The molecule has 2 aromatic rings. The quantitative estimate of drug-likeness (QED) is 0.576. The van der Waals surface area contributed by atoms with Crippen LogP contribution in [-0.4, -0.2) is 38.7 Å². The van der Waals surface area contributed by atoms with Gasteiger partial charge in [0, 0.05) is 19.6 Å². The second-order valence-corrected chi connectivity index (χ2v) is 9.03. The summed E-state index contributed by atoms with van der Waals surface area (Å²) in [6, 6.07) is 7.44. The van der Waals surface area contributed by atoms with Crippen LogP contribution in [0.4, 0.5) is 0 Å². The number of nitrogens with zero attached hydrogens (tertiary/aromatic N) is 3. The summed E-state index contributed by atoms with van der Waals surface area (Å²) >= 11 is 1.41. The number of hydrogen-bond acceptors (Lipinski definition) is 4. The molecule has 1 fully saturated rings. The lowest BCUT2D eigenvalue weighted by Crippen LogP contribution is -2.37. The zero-order chi connectivity index (χ0) is 19.4. The molecule has 0 spiro atoms. The van der Waals surface area contributed by atoms with E-state index in [4.69, 9.17) is 4.98 Å². The van der Waals surface area contributed by atoms with Gasteiger partial charge >= 0.3 is 0 Å². The van der Waals surface area contributed by atoms with E-state index in [1.54, 1.807) is 4.57 Å². The van der Waals surface area contributed by atoms with E-state index in [2.05, 4.69) is 13.8 Å². The second-order valence-electron chi connectivity index (χ2n) is 7.72. The zero-order valence-corrected chi connectivity index (χ0v) is 17.3. The number of para-hydroxylation sites is 1. The molecule has 5 nitrogen and oxygen atoms in total. The molecule has 0 N–H and O–H groups in total. The molecule has 146 valence electrons. The topological polar surface area (TPSA) is 55.2 Å². The number of thioether (sulfide) groups is 1. The molecule has 1 aromatic carbocycles. The van der Waals surface area contributed by atoms with Crippen LogP contribution >= 0.6 is 11.8 Å². The van der Waals surface area contributed by atoms with Crippen LogP contribution < -0.4 is 5.56 Å². The molecular weight excluding hydrogens is 358 g/mol. The van der Waals surface area contributed by atoms with Crippen molar-refractivity contribution in [1.82, 2.24) is 14.5 Å². The van der Waals surface area contributed by atoms with Gasteiger partial charge in [-0.15, -0.1) is 0 Å². The van der Waals surface area contributed by atoms with E-state index >= 15 is 0 Å². The largest absolute Gasteiger partial charge is 0.342 e. The fraction of sp³-hybridized carbons (Fsp3) is 0.571. The van der Waals surface area contributed by atoms with Crippen molar-refractivity contribution in [2.45, 2.75) is 63.4 Å². The smallest absolute Gasteiger partial charge is 0.262 e. The third-order valence-electron chi connectivity index (χ3n) is 4.92. The minimum absolute atomic E-state index is 0.0220. The van der Waals surface area contributed by atoms with Crippen LogP contribution in [0.25, 0.3) is 10.9 Å². The lowest BCUT2D eigenvalue weighted by molar-refractivity contribution is -0.130. The van der Waals surface area contributed by atoms with Crippen LogP contribution in [0.1, 0.15) is 46.5 Å². The molecule has 0 saturated carbocycles. The van der Waals surface area contributed by atoms with E-state index in [1.165, 1.54) is 24.6 Å². The predicted molar refractivity (Wildman–Crippen MR) is 111 cm³/mol. The summed E-state index contributed by atoms with van der Waals surface area (Å²) in [5.41, 5.74) is 0.672. The van der Waals surface area contributed by atoms with Gasteiger partial charge < -0.3 is 4.90 Å². The first-order valence-corrected chi connectivity index (χ1v) is 10.8. The van der Waals surface area contributed by atoms with Gasteiger partial charge in [0.05, 0.1) is 16.2 Å². The maximum Gasteiger partial charge on any atom is 0.262 e. The Morgan fingerprint density at radius 1 is 1.11 bits per heavy atom. The number of carbonyl (C=O) groups excluding carboxylic acids is 1. The van der Waals surface area contributed by atoms with E-state index in [-0.39, 0.29) is 16.7 Å². The Kier molecular flexibility index (Phi) is 6.58. The fourth-order valence-electron chi connectivity index (χ4n) is 3.52. The van der Waals surface area contributed by atoms with Crippen molar-refractivity contribution >= 4 is 28.6 Å². The lowest BCUT2D eigenvalue weighted by Gasteiger charge is -2.24. The summed E-state index contributed by atoms with van der Waals surface area (Å²) in [6.07, 6.45) is 4.56. The Bertz CT molecular complexity index is 854. The average Bonchev–Trinajstić information content (AvgIpc) is 2.93. The summed E-state index contributed by atoms with van der Waals surface area (Å²) < 4.78 is 1.74. The maximum absolute atomic E-state index is 13.0. The summed E-state index contributed by atoms with van der Waals surface area (Å²) in [5.74, 6) is 0.474. The first-order chi connectivity index (χ1) is 13.0. The summed E-state index contributed by atoms with van der Waals surface area (Å²) in [4.78, 5) is 32.6. The highest BCUT2D eigenvalue weighted by Gasteiger charge is 2.24. The van der Waals surface area contributed by atoms with Crippen LogP contribution in [0.15, 0.2) is 34.2 Å².